The lowest BCUT2D eigenvalue weighted by Crippen LogP contribution is -2.21. The van der Waals surface area contributed by atoms with Crippen molar-refractivity contribution < 1.29 is 23.8 Å². The van der Waals surface area contributed by atoms with Crippen molar-refractivity contribution in [3.8, 4) is 11.5 Å². The number of unbranched alkanes of at least 4 members (excludes halogenated alkanes) is 1. The van der Waals surface area contributed by atoms with Crippen molar-refractivity contribution in [3.05, 3.63) is 18.2 Å². The summed E-state index contributed by atoms with van der Waals surface area (Å²) < 4.78 is 15.9. The zero-order chi connectivity index (χ0) is 18.2. The van der Waals surface area contributed by atoms with Crippen molar-refractivity contribution in [2.45, 2.75) is 37.4 Å². The fourth-order valence-corrected chi connectivity index (χ4v) is 5.77. The first kappa shape index (κ1) is 19.2. The number of fused-ring (bicyclic) bond motifs is 1. The summed E-state index contributed by atoms with van der Waals surface area (Å²) in [6.45, 7) is 0.732. The highest BCUT2D eigenvalue weighted by Crippen LogP contribution is 2.39. The zero-order valence-electron chi connectivity index (χ0n) is 14.5. The summed E-state index contributed by atoms with van der Waals surface area (Å²) in [7, 11) is 3.89. The van der Waals surface area contributed by atoms with Gasteiger partial charge >= 0.3 is 5.97 Å². The summed E-state index contributed by atoms with van der Waals surface area (Å²) in [5.74, 6) is 1.81. The van der Waals surface area contributed by atoms with Gasteiger partial charge in [-0.2, -0.15) is 0 Å². The van der Waals surface area contributed by atoms with Crippen LogP contribution in [0.4, 0.5) is 5.69 Å². The maximum Gasteiger partial charge on any atom is 0.306 e. The molecule has 0 saturated carbocycles. The van der Waals surface area contributed by atoms with Gasteiger partial charge in [0.25, 0.3) is 5.91 Å². The van der Waals surface area contributed by atoms with Crippen LogP contribution in [0.1, 0.15) is 32.1 Å². The minimum Gasteiger partial charge on any atom is -0.486 e. The molecule has 1 aromatic rings. The first-order valence-corrected chi connectivity index (χ1v) is 11.2. The second kappa shape index (κ2) is 9.97. The average Bonchev–Trinajstić information content (AvgIpc) is 3.17. The third-order valence-corrected chi connectivity index (χ3v) is 7.08. The van der Waals surface area contributed by atoms with Gasteiger partial charge in [-0.3, -0.25) is 9.59 Å². The SMILES string of the molecule is O=C(COC(=O)CCCC[C@@H]1CCSS1)Nc1ccc2c(c1)OCCO2. The summed E-state index contributed by atoms with van der Waals surface area (Å²) >= 11 is 0. The van der Waals surface area contributed by atoms with Crippen molar-refractivity contribution in [2.24, 2.45) is 0 Å². The van der Waals surface area contributed by atoms with Crippen LogP contribution in [0.15, 0.2) is 18.2 Å². The van der Waals surface area contributed by atoms with Crippen LogP contribution in [0.2, 0.25) is 0 Å². The van der Waals surface area contributed by atoms with E-state index in [-0.39, 0.29) is 18.5 Å². The van der Waals surface area contributed by atoms with Crippen LogP contribution in [0, 0.1) is 0 Å². The molecule has 8 heteroatoms. The van der Waals surface area contributed by atoms with Gasteiger partial charge in [-0.15, -0.1) is 0 Å². The van der Waals surface area contributed by atoms with Crippen LogP contribution in [0.3, 0.4) is 0 Å². The van der Waals surface area contributed by atoms with Gasteiger partial charge in [0.05, 0.1) is 0 Å². The maximum absolute atomic E-state index is 11.9. The molecular formula is C18H23NO5S2. The highest BCUT2D eigenvalue weighted by molar-refractivity contribution is 8.77. The predicted molar refractivity (Wildman–Crippen MR) is 104 cm³/mol. The number of amides is 1. The van der Waals surface area contributed by atoms with Gasteiger partial charge in [-0.1, -0.05) is 28.0 Å². The summed E-state index contributed by atoms with van der Waals surface area (Å²) in [6.07, 6.45) is 4.61. The van der Waals surface area contributed by atoms with Gasteiger partial charge in [-0.25, -0.2) is 0 Å². The molecule has 0 radical (unpaired) electrons. The van der Waals surface area contributed by atoms with Crippen molar-refractivity contribution in [2.75, 3.05) is 30.9 Å². The Morgan fingerprint density at radius 3 is 2.85 bits per heavy atom. The van der Waals surface area contributed by atoms with Gasteiger partial charge in [0.15, 0.2) is 18.1 Å². The van der Waals surface area contributed by atoms with E-state index in [0.29, 0.717) is 36.8 Å². The smallest absolute Gasteiger partial charge is 0.306 e. The molecule has 1 amide bonds. The van der Waals surface area contributed by atoms with E-state index in [1.165, 1.54) is 12.2 Å². The Morgan fingerprint density at radius 1 is 1.19 bits per heavy atom. The number of anilines is 1. The molecule has 0 aromatic heterocycles. The van der Waals surface area contributed by atoms with E-state index >= 15 is 0 Å². The fourth-order valence-electron chi connectivity index (χ4n) is 2.74. The summed E-state index contributed by atoms with van der Waals surface area (Å²) in [6, 6.07) is 5.18. The Morgan fingerprint density at radius 2 is 2.04 bits per heavy atom. The Kier molecular flexibility index (Phi) is 7.37. The maximum atomic E-state index is 11.9. The third kappa shape index (κ3) is 6.02. The Balaban J connectivity index is 1.31. The van der Waals surface area contributed by atoms with Crippen molar-refractivity contribution in [1.82, 2.24) is 0 Å². The molecule has 1 fully saturated rings. The molecule has 1 atom stereocenters. The molecule has 2 aliphatic rings. The van der Waals surface area contributed by atoms with Crippen LogP contribution in [0.25, 0.3) is 0 Å². The van der Waals surface area contributed by atoms with Crippen LogP contribution < -0.4 is 14.8 Å². The van der Waals surface area contributed by atoms with Gasteiger partial charge in [0.2, 0.25) is 0 Å². The van der Waals surface area contributed by atoms with Crippen LogP contribution in [0.5, 0.6) is 11.5 Å². The normalized spacial score (nSPS) is 18.4. The van der Waals surface area contributed by atoms with E-state index in [4.69, 9.17) is 14.2 Å². The van der Waals surface area contributed by atoms with Crippen molar-refractivity contribution >= 4 is 39.2 Å². The van der Waals surface area contributed by atoms with Gasteiger partial charge < -0.3 is 19.5 Å². The molecule has 2 heterocycles. The van der Waals surface area contributed by atoms with E-state index in [1.807, 2.05) is 21.6 Å². The number of hydrogen-bond acceptors (Lipinski definition) is 7. The number of rotatable bonds is 8. The molecule has 1 aromatic carbocycles. The average molecular weight is 398 g/mol. The first-order chi connectivity index (χ1) is 12.7. The Bertz CT molecular complexity index is 634. The number of carbonyl (C=O) groups is 2. The van der Waals surface area contributed by atoms with E-state index < -0.39 is 0 Å². The van der Waals surface area contributed by atoms with Crippen molar-refractivity contribution in [3.63, 3.8) is 0 Å². The number of hydrogen-bond donors (Lipinski definition) is 1. The molecule has 142 valence electrons. The van der Waals surface area contributed by atoms with E-state index in [0.717, 1.165) is 24.5 Å². The number of esters is 1. The minimum absolute atomic E-state index is 0.275. The number of benzene rings is 1. The molecule has 0 spiro atoms. The van der Waals surface area contributed by atoms with E-state index in [1.54, 1.807) is 18.2 Å². The minimum atomic E-state index is -0.366. The number of nitrogens with one attached hydrogen (secondary N) is 1. The molecule has 3 rings (SSSR count). The number of ether oxygens (including phenoxy) is 3. The molecule has 26 heavy (non-hydrogen) atoms. The van der Waals surface area contributed by atoms with Gasteiger partial charge in [0, 0.05) is 29.2 Å². The Labute approximate surface area is 161 Å². The second-order valence-electron chi connectivity index (χ2n) is 6.14. The third-order valence-electron chi connectivity index (χ3n) is 4.07. The van der Waals surface area contributed by atoms with Gasteiger partial charge in [0.1, 0.15) is 13.2 Å². The second-order valence-corrected chi connectivity index (χ2v) is 8.93. The quantitative estimate of drug-likeness (QED) is 0.408. The monoisotopic (exact) mass is 397 g/mol. The highest BCUT2D eigenvalue weighted by Gasteiger charge is 2.16. The molecular weight excluding hydrogens is 374 g/mol. The topological polar surface area (TPSA) is 73.9 Å². The van der Waals surface area contributed by atoms with Crippen molar-refractivity contribution in [1.29, 1.82) is 0 Å². The summed E-state index contributed by atoms with van der Waals surface area (Å²) in [4.78, 5) is 23.7. The molecule has 0 unspecified atom stereocenters. The molecule has 6 nitrogen and oxygen atoms in total. The lowest BCUT2D eigenvalue weighted by atomic mass is 10.1. The zero-order valence-corrected chi connectivity index (χ0v) is 16.2. The largest absolute Gasteiger partial charge is 0.486 e. The molecule has 2 aliphatic heterocycles. The van der Waals surface area contributed by atoms with Crippen LogP contribution in [-0.4, -0.2) is 42.7 Å². The summed E-state index contributed by atoms with van der Waals surface area (Å²) in [5, 5.41) is 3.42. The lowest BCUT2D eigenvalue weighted by molar-refractivity contribution is -0.147. The van der Waals surface area contributed by atoms with Crippen LogP contribution in [-0.2, 0) is 14.3 Å². The summed E-state index contributed by atoms with van der Waals surface area (Å²) in [5.41, 5.74) is 0.585. The molecule has 0 bridgehead atoms. The van der Waals surface area contributed by atoms with E-state index in [2.05, 4.69) is 5.32 Å². The van der Waals surface area contributed by atoms with Crippen LogP contribution >= 0.6 is 21.6 Å². The molecule has 1 saturated heterocycles. The number of carbonyl (C=O) groups excluding carboxylic acids is 2. The van der Waals surface area contributed by atoms with E-state index in [9.17, 15) is 9.59 Å². The standard InChI is InChI=1S/C18H23NO5S2/c20-17(19-13-5-6-15-16(11-13)23-9-8-22-15)12-24-18(21)4-2-1-3-14-7-10-25-26-14/h5-6,11,14H,1-4,7-10,12H2,(H,19,20)/t14-/m1/s1. The fraction of sp³-hybridized carbons (Fsp3) is 0.556. The van der Waals surface area contributed by atoms with Gasteiger partial charge in [-0.05, 0) is 31.4 Å². The Hall–Kier alpha value is -1.54. The molecule has 1 N–H and O–H groups in total. The highest BCUT2D eigenvalue weighted by atomic mass is 33.1. The molecule has 0 aliphatic carbocycles. The predicted octanol–water partition coefficient (Wildman–Crippen LogP) is 3.65. The first-order valence-electron chi connectivity index (χ1n) is 8.84. The lowest BCUT2D eigenvalue weighted by Gasteiger charge is -2.19.